The highest BCUT2D eigenvalue weighted by molar-refractivity contribution is 6.31. The van der Waals surface area contributed by atoms with Gasteiger partial charge in [-0.25, -0.2) is 0 Å². The summed E-state index contributed by atoms with van der Waals surface area (Å²) < 4.78 is 14.8. The number of nitrogens with zero attached hydrogens (tertiary/aromatic N) is 6. The Morgan fingerprint density at radius 2 is 0.423 bits per heavy atom. The second kappa shape index (κ2) is 20.5. The summed E-state index contributed by atoms with van der Waals surface area (Å²) >= 11 is 0. The molecule has 0 spiro atoms. The first-order valence-corrected chi connectivity index (χ1v) is 33.5. The molecule has 0 aliphatic rings. The van der Waals surface area contributed by atoms with Crippen LogP contribution >= 0.6 is 0 Å². The molecule has 6 heteroatoms. The van der Waals surface area contributed by atoms with Gasteiger partial charge in [0.25, 0.3) is 0 Å². The minimum Gasteiger partial charge on any atom is -0.309 e. The summed E-state index contributed by atoms with van der Waals surface area (Å²) in [6.07, 6.45) is 0. The van der Waals surface area contributed by atoms with Crippen molar-refractivity contribution in [3.63, 3.8) is 0 Å². The van der Waals surface area contributed by atoms with Crippen LogP contribution in [-0.4, -0.2) is 27.4 Å². The Kier molecular flexibility index (Phi) is 11.4. The van der Waals surface area contributed by atoms with E-state index in [1.54, 1.807) is 0 Å². The zero-order valence-corrected chi connectivity index (χ0v) is 52.9. The van der Waals surface area contributed by atoms with Gasteiger partial charge in [0.2, 0.25) is 0 Å². The van der Waals surface area contributed by atoms with Gasteiger partial charge in [-0.2, -0.15) is 0 Å². The Balaban J connectivity index is 0.742. The van der Waals surface area contributed by atoms with Crippen LogP contribution in [0.15, 0.2) is 334 Å². The fourth-order valence-electron chi connectivity index (χ4n) is 16.7. The number of aryl methyl sites for hydroxylation is 1. The van der Waals surface area contributed by atoms with E-state index in [0.29, 0.717) is 0 Å². The number of hydrogen-bond donors (Lipinski definition) is 0. The van der Waals surface area contributed by atoms with E-state index in [4.69, 9.17) is 0 Å². The second-order valence-corrected chi connectivity index (χ2v) is 26.1. The van der Waals surface area contributed by atoms with Gasteiger partial charge in [0.1, 0.15) is 0 Å². The lowest BCUT2D eigenvalue weighted by atomic mass is 9.99. The van der Waals surface area contributed by atoms with Crippen molar-refractivity contribution in [3.8, 4) is 56.4 Å². The highest BCUT2D eigenvalue weighted by Gasteiger charge is 2.25. The SMILES string of the molecule is Cc1ccc2c(c1)c1c3c4cc(-c5ccc6c(c5)c5ccccc5n6-c5cccc(-n6c7ccc(-c8ccccc8)cc7c7c8c9ccccc9n(-c9ccccc9)c8ccc76)c5)ccc4n(-c4ccccc4)c3ccc1n2-c1cccc(-n2c3ccccc3c3ccccc32)c1. The van der Waals surface area contributed by atoms with Gasteiger partial charge in [-0.3, -0.25) is 0 Å². The third kappa shape index (κ3) is 7.78. The Hall–Kier alpha value is -12.9. The first-order valence-electron chi connectivity index (χ1n) is 33.5. The average molecular weight is 1240 g/mol. The number of rotatable bonds is 8. The molecular formula is C91H58N6. The molecule has 0 aliphatic carbocycles. The van der Waals surface area contributed by atoms with E-state index in [0.717, 1.165) is 50.7 Å². The van der Waals surface area contributed by atoms with Crippen molar-refractivity contribution >= 4 is 131 Å². The fraction of sp³-hybridized carbons (Fsp3) is 0.0110. The summed E-state index contributed by atoms with van der Waals surface area (Å²) in [4.78, 5) is 0. The minimum absolute atomic E-state index is 1.10. The highest BCUT2D eigenvalue weighted by atomic mass is 15.0. The van der Waals surface area contributed by atoms with E-state index in [-0.39, 0.29) is 0 Å². The van der Waals surface area contributed by atoms with Gasteiger partial charge < -0.3 is 27.4 Å². The second-order valence-electron chi connectivity index (χ2n) is 26.1. The van der Waals surface area contributed by atoms with E-state index in [9.17, 15) is 0 Å². The van der Waals surface area contributed by atoms with Gasteiger partial charge >= 0.3 is 0 Å². The molecule has 6 nitrogen and oxygen atoms in total. The summed E-state index contributed by atoms with van der Waals surface area (Å²) in [7, 11) is 0. The van der Waals surface area contributed by atoms with Crippen LogP contribution in [0.3, 0.4) is 0 Å². The molecule has 0 fully saturated rings. The fourth-order valence-corrected chi connectivity index (χ4v) is 16.7. The molecule has 15 aromatic carbocycles. The van der Waals surface area contributed by atoms with E-state index in [2.05, 4.69) is 368 Å². The number of aromatic nitrogens is 6. The summed E-state index contributed by atoms with van der Waals surface area (Å²) in [6.45, 7) is 2.22. The molecule has 0 aliphatic heterocycles. The average Bonchev–Trinajstić information content (AvgIpc) is 1.55. The van der Waals surface area contributed by atoms with Crippen molar-refractivity contribution in [1.82, 2.24) is 27.4 Å². The first-order chi connectivity index (χ1) is 48.1. The van der Waals surface area contributed by atoms with Gasteiger partial charge in [0.05, 0.1) is 66.2 Å². The van der Waals surface area contributed by atoms with Crippen molar-refractivity contribution in [3.05, 3.63) is 339 Å². The molecule has 0 atom stereocenters. The van der Waals surface area contributed by atoms with Gasteiger partial charge in [-0.05, 0) is 187 Å². The van der Waals surface area contributed by atoms with Crippen LogP contribution < -0.4 is 0 Å². The molecule has 0 radical (unpaired) electrons. The van der Waals surface area contributed by atoms with Crippen molar-refractivity contribution in [2.45, 2.75) is 6.92 Å². The zero-order valence-electron chi connectivity index (χ0n) is 52.9. The molecule has 21 rings (SSSR count). The van der Waals surface area contributed by atoms with Crippen LogP contribution in [0.2, 0.25) is 0 Å². The van der Waals surface area contributed by atoms with Crippen molar-refractivity contribution < 1.29 is 0 Å². The standard InChI is InChI=1S/C91H58N6/c1-57-39-43-81-73(51-57)89-86(96(81)66-29-19-27-64(55-66)94-76-35-15-11-31-68(76)69-32-12-16-36-77(69)94)50-48-85-91(89)75-54-61(42-46-82(75)93(85)63-25-9-4-10-26-63)60-41-44-80-72(52-60)70-33-13-17-37-78(70)95(80)65-28-20-30-67(56-65)97-83-45-40-59(58-21-5-2-6-22-58)53-74(83)90-87(97)49-47-84-88(90)71-34-14-18-38-79(71)92(84)62-23-7-3-8-24-62/h2-56H,1H3. The molecule has 0 saturated carbocycles. The Labute approximate surface area is 557 Å². The van der Waals surface area contributed by atoms with Crippen LogP contribution in [0, 0.1) is 6.92 Å². The number of para-hydroxylation sites is 6. The summed E-state index contributed by atoms with van der Waals surface area (Å²) in [5.74, 6) is 0. The smallest absolute Gasteiger partial charge is 0.0548 e. The van der Waals surface area contributed by atoms with Crippen molar-refractivity contribution in [1.29, 1.82) is 0 Å². The normalized spacial score (nSPS) is 12.2. The maximum atomic E-state index is 2.49. The molecule has 6 heterocycles. The van der Waals surface area contributed by atoms with Crippen molar-refractivity contribution in [2.24, 2.45) is 0 Å². The van der Waals surface area contributed by atoms with E-state index in [1.165, 1.54) is 142 Å². The van der Waals surface area contributed by atoms with Crippen LogP contribution in [-0.2, 0) is 0 Å². The molecule has 97 heavy (non-hydrogen) atoms. The Morgan fingerprint density at radius 3 is 0.866 bits per heavy atom. The molecule has 0 saturated heterocycles. The third-order valence-corrected chi connectivity index (χ3v) is 20.8. The van der Waals surface area contributed by atoms with Crippen LogP contribution in [0.5, 0.6) is 0 Å². The largest absolute Gasteiger partial charge is 0.309 e. The molecular weight excluding hydrogens is 1180 g/mol. The quantitative estimate of drug-likeness (QED) is 0.145. The van der Waals surface area contributed by atoms with E-state index >= 15 is 0 Å². The predicted octanol–water partition coefficient (Wildman–Crippen LogP) is 23.9. The van der Waals surface area contributed by atoms with Gasteiger partial charge in [0.15, 0.2) is 0 Å². The Bertz CT molecular complexity index is 6810. The molecule has 0 N–H and O–H groups in total. The monoisotopic (exact) mass is 1230 g/mol. The maximum absolute atomic E-state index is 2.49. The summed E-state index contributed by atoms with van der Waals surface area (Å²) in [5, 5.41) is 14.8. The lowest BCUT2D eigenvalue weighted by Gasteiger charge is -2.13. The van der Waals surface area contributed by atoms with Crippen LogP contribution in [0.25, 0.3) is 187 Å². The van der Waals surface area contributed by atoms with E-state index in [1.807, 2.05) is 0 Å². The van der Waals surface area contributed by atoms with E-state index < -0.39 is 0 Å². The number of fused-ring (bicyclic) bond motifs is 20. The number of hydrogen-bond acceptors (Lipinski definition) is 0. The maximum Gasteiger partial charge on any atom is 0.0548 e. The van der Waals surface area contributed by atoms with Crippen LogP contribution in [0.1, 0.15) is 5.56 Å². The first kappa shape index (κ1) is 53.6. The van der Waals surface area contributed by atoms with Gasteiger partial charge in [-0.1, -0.05) is 181 Å². The predicted molar refractivity (Wildman–Crippen MR) is 408 cm³/mol. The highest BCUT2D eigenvalue weighted by Crippen LogP contribution is 2.47. The summed E-state index contributed by atoms with van der Waals surface area (Å²) in [5.41, 5.74) is 26.8. The lowest BCUT2D eigenvalue weighted by molar-refractivity contribution is 1.13. The van der Waals surface area contributed by atoms with Gasteiger partial charge in [-0.15, -0.1) is 0 Å². The third-order valence-electron chi connectivity index (χ3n) is 20.8. The molecule has 0 amide bonds. The summed E-state index contributed by atoms with van der Waals surface area (Å²) in [6, 6.07) is 124. The topological polar surface area (TPSA) is 29.6 Å². The molecule has 0 unspecified atom stereocenters. The lowest BCUT2D eigenvalue weighted by Crippen LogP contribution is -1.98. The van der Waals surface area contributed by atoms with Crippen molar-refractivity contribution in [2.75, 3.05) is 0 Å². The molecule has 0 bridgehead atoms. The zero-order chi connectivity index (χ0) is 63.6. The molecule has 6 aromatic heterocycles. The minimum atomic E-state index is 1.10. The molecule has 21 aromatic rings. The molecule has 452 valence electrons. The Morgan fingerprint density at radius 1 is 0.155 bits per heavy atom. The number of benzene rings is 15. The van der Waals surface area contributed by atoms with Gasteiger partial charge in [0, 0.05) is 98.8 Å². The van der Waals surface area contributed by atoms with Crippen LogP contribution in [0.4, 0.5) is 0 Å².